The molecule has 0 amide bonds. The Morgan fingerprint density at radius 2 is 1.77 bits per heavy atom. The van der Waals surface area contributed by atoms with Crippen molar-refractivity contribution in [3.05, 3.63) is 75.3 Å². The standard InChI is InChI=1S/C21H24Cl2N2O/c1-24(2)12-13-25(3)15-17-7-5-4-6-16(17)8-11-21(26)19-10-9-18(22)14-20(19)23/h4-11,14H,12-13,15H2,1-3H3/b11-8+. The zero-order chi connectivity index (χ0) is 19.1. The third-order valence-electron chi connectivity index (χ3n) is 4.04. The molecule has 0 saturated carbocycles. The van der Waals surface area contributed by atoms with E-state index in [9.17, 15) is 4.79 Å². The summed E-state index contributed by atoms with van der Waals surface area (Å²) in [6, 6.07) is 13.0. The summed E-state index contributed by atoms with van der Waals surface area (Å²) in [6.07, 6.45) is 3.41. The fraction of sp³-hybridized carbons (Fsp3) is 0.286. The van der Waals surface area contributed by atoms with Crippen molar-refractivity contribution < 1.29 is 4.79 Å². The van der Waals surface area contributed by atoms with Crippen LogP contribution >= 0.6 is 23.2 Å². The predicted octanol–water partition coefficient (Wildman–Crippen LogP) is 4.88. The van der Waals surface area contributed by atoms with Crippen LogP contribution in [-0.2, 0) is 6.54 Å². The molecule has 3 nitrogen and oxygen atoms in total. The van der Waals surface area contributed by atoms with E-state index in [1.807, 2.05) is 24.3 Å². The van der Waals surface area contributed by atoms with Crippen molar-refractivity contribution in [3.8, 4) is 0 Å². The number of carbonyl (C=O) groups is 1. The Labute approximate surface area is 165 Å². The fourth-order valence-electron chi connectivity index (χ4n) is 2.53. The molecule has 0 saturated heterocycles. The molecule has 2 aromatic rings. The molecule has 2 aromatic carbocycles. The van der Waals surface area contributed by atoms with Gasteiger partial charge in [-0.2, -0.15) is 0 Å². The Kier molecular flexibility index (Phi) is 7.85. The molecule has 0 unspecified atom stereocenters. The topological polar surface area (TPSA) is 23.6 Å². The van der Waals surface area contributed by atoms with Crippen LogP contribution in [0.3, 0.4) is 0 Å². The molecular formula is C21H24Cl2N2O. The minimum absolute atomic E-state index is 0.137. The highest BCUT2D eigenvalue weighted by atomic mass is 35.5. The molecule has 0 N–H and O–H groups in total. The number of nitrogens with zero attached hydrogens (tertiary/aromatic N) is 2. The van der Waals surface area contributed by atoms with Crippen molar-refractivity contribution >= 4 is 35.1 Å². The molecule has 0 spiro atoms. The SMILES string of the molecule is CN(C)CCN(C)Cc1ccccc1/C=C/C(=O)c1ccc(Cl)cc1Cl. The Hall–Kier alpha value is -1.65. The van der Waals surface area contributed by atoms with Crippen molar-refractivity contribution in [1.29, 1.82) is 0 Å². The first kappa shape index (κ1) is 20.7. The molecule has 2 rings (SSSR count). The Bertz CT molecular complexity index is 787. The number of rotatable bonds is 8. The van der Waals surface area contributed by atoms with Gasteiger partial charge in [0.1, 0.15) is 0 Å². The molecule has 0 aliphatic rings. The summed E-state index contributed by atoms with van der Waals surface area (Å²) in [5.41, 5.74) is 2.66. The lowest BCUT2D eigenvalue weighted by Gasteiger charge is -2.20. The van der Waals surface area contributed by atoms with Gasteiger partial charge in [0, 0.05) is 30.2 Å². The summed E-state index contributed by atoms with van der Waals surface area (Å²) in [7, 11) is 6.23. The van der Waals surface area contributed by atoms with Crippen molar-refractivity contribution in [2.45, 2.75) is 6.54 Å². The zero-order valence-corrected chi connectivity index (χ0v) is 16.9. The molecule has 5 heteroatoms. The lowest BCUT2D eigenvalue weighted by molar-refractivity contribution is 0.104. The number of benzene rings is 2. The van der Waals surface area contributed by atoms with Crippen LogP contribution in [0.1, 0.15) is 21.5 Å². The Balaban J connectivity index is 2.11. The van der Waals surface area contributed by atoms with Crippen LogP contribution in [0.15, 0.2) is 48.5 Å². The van der Waals surface area contributed by atoms with E-state index in [0.29, 0.717) is 15.6 Å². The molecule has 0 aliphatic heterocycles. The number of halogens is 2. The van der Waals surface area contributed by atoms with Gasteiger partial charge in [-0.1, -0.05) is 53.5 Å². The molecule has 0 fully saturated rings. The van der Waals surface area contributed by atoms with Gasteiger partial charge < -0.3 is 9.80 Å². The van der Waals surface area contributed by atoms with Gasteiger partial charge >= 0.3 is 0 Å². The average Bonchev–Trinajstić information content (AvgIpc) is 2.59. The maximum Gasteiger partial charge on any atom is 0.187 e. The molecule has 0 radical (unpaired) electrons. The van der Waals surface area contributed by atoms with Gasteiger partial charge in [0.25, 0.3) is 0 Å². The van der Waals surface area contributed by atoms with Gasteiger partial charge in [-0.25, -0.2) is 0 Å². The van der Waals surface area contributed by atoms with Gasteiger partial charge in [0.05, 0.1) is 5.02 Å². The first-order chi connectivity index (χ1) is 12.4. The van der Waals surface area contributed by atoms with E-state index < -0.39 is 0 Å². The van der Waals surface area contributed by atoms with E-state index in [-0.39, 0.29) is 5.78 Å². The highest BCUT2D eigenvalue weighted by Crippen LogP contribution is 2.22. The molecule has 138 valence electrons. The van der Waals surface area contributed by atoms with Gasteiger partial charge in [-0.3, -0.25) is 4.79 Å². The number of allylic oxidation sites excluding steroid dienone is 1. The number of hydrogen-bond acceptors (Lipinski definition) is 3. The average molecular weight is 391 g/mol. The van der Waals surface area contributed by atoms with Gasteiger partial charge in [0.15, 0.2) is 5.78 Å². The van der Waals surface area contributed by atoms with E-state index in [1.165, 1.54) is 5.56 Å². The minimum atomic E-state index is -0.137. The number of carbonyl (C=O) groups excluding carboxylic acids is 1. The molecule has 0 heterocycles. The van der Waals surface area contributed by atoms with Crippen LogP contribution in [0.5, 0.6) is 0 Å². The normalized spacial score (nSPS) is 11.7. The maximum absolute atomic E-state index is 12.4. The molecule has 0 aromatic heterocycles. The first-order valence-corrected chi connectivity index (χ1v) is 9.21. The Morgan fingerprint density at radius 1 is 1.04 bits per heavy atom. The van der Waals surface area contributed by atoms with Crippen molar-refractivity contribution in [2.24, 2.45) is 0 Å². The van der Waals surface area contributed by atoms with E-state index in [0.717, 1.165) is 25.2 Å². The zero-order valence-electron chi connectivity index (χ0n) is 15.4. The Morgan fingerprint density at radius 3 is 2.46 bits per heavy atom. The van der Waals surface area contributed by atoms with E-state index in [4.69, 9.17) is 23.2 Å². The third kappa shape index (κ3) is 6.26. The van der Waals surface area contributed by atoms with Gasteiger partial charge in [-0.05, 0) is 56.5 Å². The molecule has 26 heavy (non-hydrogen) atoms. The van der Waals surface area contributed by atoms with Crippen LogP contribution in [-0.4, -0.2) is 49.8 Å². The van der Waals surface area contributed by atoms with E-state index >= 15 is 0 Å². The van der Waals surface area contributed by atoms with Crippen LogP contribution in [0.4, 0.5) is 0 Å². The summed E-state index contributed by atoms with van der Waals surface area (Å²) in [4.78, 5) is 16.9. The molecular weight excluding hydrogens is 367 g/mol. The summed E-state index contributed by atoms with van der Waals surface area (Å²) in [6.45, 7) is 2.80. The van der Waals surface area contributed by atoms with Crippen molar-refractivity contribution in [2.75, 3.05) is 34.2 Å². The second-order valence-corrected chi connectivity index (χ2v) is 7.41. The van der Waals surface area contributed by atoms with Crippen molar-refractivity contribution in [1.82, 2.24) is 9.80 Å². The van der Waals surface area contributed by atoms with Crippen LogP contribution in [0, 0.1) is 0 Å². The number of likely N-dealkylation sites (N-methyl/N-ethyl adjacent to an activating group) is 2. The van der Waals surface area contributed by atoms with Gasteiger partial charge in [0.2, 0.25) is 0 Å². The molecule has 0 aliphatic carbocycles. The smallest absolute Gasteiger partial charge is 0.187 e. The molecule has 0 bridgehead atoms. The highest BCUT2D eigenvalue weighted by molar-refractivity contribution is 6.37. The second kappa shape index (κ2) is 9.89. The first-order valence-electron chi connectivity index (χ1n) is 8.45. The quantitative estimate of drug-likeness (QED) is 0.473. The van der Waals surface area contributed by atoms with Crippen LogP contribution in [0.25, 0.3) is 6.08 Å². The fourth-order valence-corrected chi connectivity index (χ4v) is 3.03. The van der Waals surface area contributed by atoms with Crippen molar-refractivity contribution in [3.63, 3.8) is 0 Å². The van der Waals surface area contributed by atoms with Crippen LogP contribution in [0.2, 0.25) is 10.0 Å². The van der Waals surface area contributed by atoms with Gasteiger partial charge in [-0.15, -0.1) is 0 Å². The maximum atomic E-state index is 12.4. The summed E-state index contributed by atoms with van der Waals surface area (Å²) in [5.74, 6) is -0.137. The second-order valence-electron chi connectivity index (χ2n) is 6.56. The minimum Gasteiger partial charge on any atom is -0.308 e. The molecule has 0 atom stereocenters. The number of ketones is 1. The summed E-state index contributed by atoms with van der Waals surface area (Å²) >= 11 is 12.0. The third-order valence-corrected chi connectivity index (χ3v) is 4.58. The lowest BCUT2D eigenvalue weighted by atomic mass is 10.0. The summed E-state index contributed by atoms with van der Waals surface area (Å²) < 4.78 is 0. The van der Waals surface area contributed by atoms with E-state index in [1.54, 1.807) is 24.3 Å². The van der Waals surface area contributed by atoms with Crippen LogP contribution < -0.4 is 0 Å². The largest absolute Gasteiger partial charge is 0.308 e. The monoisotopic (exact) mass is 390 g/mol. The highest BCUT2D eigenvalue weighted by Gasteiger charge is 2.09. The predicted molar refractivity (Wildman–Crippen MR) is 111 cm³/mol. The summed E-state index contributed by atoms with van der Waals surface area (Å²) in [5, 5.41) is 0.880. The van der Waals surface area contributed by atoms with E-state index in [2.05, 4.69) is 37.0 Å². The number of hydrogen-bond donors (Lipinski definition) is 0. The lowest BCUT2D eigenvalue weighted by Crippen LogP contribution is -2.28.